The van der Waals surface area contributed by atoms with Crippen LogP contribution in [0.25, 0.3) is 0 Å². The van der Waals surface area contributed by atoms with E-state index in [-0.39, 0.29) is 6.04 Å². The monoisotopic (exact) mass is 287 g/mol. The Bertz CT molecular complexity index is 478. The van der Waals surface area contributed by atoms with Gasteiger partial charge in [0.25, 0.3) is 0 Å². The number of nitrogens with one attached hydrogen (secondary N) is 3. The van der Waals surface area contributed by atoms with E-state index >= 15 is 0 Å². The van der Waals surface area contributed by atoms with Crippen LogP contribution < -0.4 is 10.0 Å². The van der Waals surface area contributed by atoms with E-state index in [0.717, 1.165) is 18.5 Å². The van der Waals surface area contributed by atoms with E-state index in [1.54, 1.807) is 6.07 Å². The molecule has 1 aromatic rings. The Morgan fingerprint density at radius 3 is 2.47 bits per heavy atom. The average Bonchev–Trinajstić information content (AvgIpc) is 2.80. The first-order valence-electron chi connectivity index (χ1n) is 6.78. The van der Waals surface area contributed by atoms with E-state index < -0.39 is 10.0 Å². The molecule has 110 valence electrons. The highest BCUT2D eigenvalue weighted by atomic mass is 32.2. The zero-order chi connectivity index (χ0) is 14.5. The van der Waals surface area contributed by atoms with Gasteiger partial charge in [-0.15, -0.1) is 0 Å². The highest BCUT2D eigenvalue weighted by Crippen LogP contribution is 2.17. The Kier molecular flexibility index (Phi) is 6.03. The molecule has 0 bridgehead atoms. The van der Waals surface area contributed by atoms with Crippen molar-refractivity contribution in [2.24, 2.45) is 5.92 Å². The lowest BCUT2D eigenvalue weighted by molar-refractivity contribution is 0.391. The Hall–Kier alpha value is -0.850. The molecule has 3 N–H and O–H groups in total. The van der Waals surface area contributed by atoms with Gasteiger partial charge in [-0.05, 0) is 26.0 Å². The van der Waals surface area contributed by atoms with Gasteiger partial charge < -0.3 is 10.3 Å². The van der Waals surface area contributed by atoms with Gasteiger partial charge in [-0.3, -0.25) is 0 Å². The molecule has 6 heteroatoms. The standard InChI is InChI=1S/C13H25N3O2S/c1-5-11(6-2)10(3)16-19(17,18)13-7-12(8-14-4)15-9-13/h7,9-11,14-16H,5-6,8H2,1-4H3. The Morgan fingerprint density at radius 1 is 1.32 bits per heavy atom. The molecule has 1 rings (SSSR count). The molecule has 0 saturated carbocycles. The van der Waals surface area contributed by atoms with E-state index in [1.807, 2.05) is 14.0 Å². The van der Waals surface area contributed by atoms with Crippen LogP contribution in [0.15, 0.2) is 17.2 Å². The van der Waals surface area contributed by atoms with Crippen LogP contribution in [-0.4, -0.2) is 26.5 Å². The predicted octanol–water partition coefficient (Wildman–Crippen LogP) is 1.84. The van der Waals surface area contributed by atoms with Crippen molar-refractivity contribution >= 4 is 10.0 Å². The normalized spacial score (nSPS) is 13.9. The van der Waals surface area contributed by atoms with Crippen LogP contribution in [0.3, 0.4) is 0 Å². The minimum Gasteiger partial charge on any atom is -0.363 e. The zero-order valence-corrected chi connectivity index (χ0v) is 13.0. The SMILES string of the molecule is CCC(CC)C(C)NS(=O)(=O)c1c[nH]c(CNC)c1. The number of aromatic nitrogens is 1. The summed E-state index contributed by atoms with van der Waals surface area (Å²) in [4.78, 5) is 3.26. The molecule has 19 heavy (non-hydrogen) atoms. The minimum absolute atomic E-state index is 0.0531. The van der Waals surface area contributed by atoms with Gasteiger partial charge >= 0.3 is 0 Å². The number of H-pyrrole nitrogens is 1. The maximum atomic E-state index is 12.2. The molecule has 1 atom stereocenters. The van der Waals surface area contributed by atoms with E-state index in [9.17, 15) is 8.42 Å². The van der Waals surface area contributed by atoms with Crippen LogP contribution in [0.1, 0.15) is 39.3 Å². The largest absolute Gasteiger partial charge is 0.363 e. The summed E-state index contributed by atoms with van der Waals surface area (Å²) in [5.74, 6) is 0.366. The number of aromatic amines is 1. The smallest absolute Gasteiger partial charge is 0.242 e. The molecule has 1 heterocycles. The zero-order valence-electron chi connectivity index (χ0n) is 12.2. The molecule has 0 aliphatic heterocycles. The van der Waals surface area contributed by atoms with Gasteiger partial charge in [-0.25, -0.2) is 13.1 Å². The fourth-order valence-corrected chi connectivity index (χ4v) is 3.60. The van der Waals surface area contributed by atoms with Crippen LogP contribution in [0.2, 0.25) is 0 Å². The number of hydrogen-bond donors (Lipinski definition) is 3. The molecule has 5 nitrogen and oxygen atoms in total. The summed E-state index contributed by atoms with van der Waals surface area (Å²) in [6, 6.07) is 1.61. The predicted molar refractivity (Wildman–Crippen MR) is 77.4 cm³/mol. The van der Waals surface area contributed by atoms with Gasteiger partial charge in [0.1, 0.15) is 0 Å². The van der Waals surface area contributed by atoms with Gasteiger partial charge in [0.05, 0.1) is 4.90 Å². The molecule has 0 fully saturated rings. The van der Waals surface area contributed by atoms with E-state index in [0.29, 0.717) is 17.4 Å². The Morgan fingerprint density at radius 2 is 1.95 bits per heavy atom. The molecule has 0 aromatic carbocycles. The molecule has 1 unspecified atom stereocenters. The van der Waals surface area contributed by atoms with Crippen molar-refractivity contribution in [2.75, 3.05) is 7.05 Å². The summed E-state index contributed by atoms with van der Waals surface area (Å²) < 4.78 is 27.3. The van der Waals surface area contributed by atoms with Crippen molar-refractivity contribution in [1.29, 1.82) is 0 Å². The lowest BCUT2D eigenvalue weighted by atomic mass is 9.96. The summed E-state index contributed by atoms with van der Waals surface area (Å²) in [6.45, 7) is 6.72. The summed E-state index contributed by atoms with van der Waals surface area (Å²) >= 11 is 0. The second-order valence-corrected chi connectivity index (χ2v) is 6.59. The van der Waals surface area contributed by atoms with Crippen molar-refractivity contribution in [2.45, 2.75) is 51.1 Å². The summed E-state index contributed by atoms with van der Waals surface area (Å²) in [6.07, 6.45) is 3.48. The summed E-state index contributed by atoms with van der Waals surface area (Å²) in [5, 5.41) is 2.98. The molecule has 0 radical (unpaired) electrons. The second-order valence-electron chi connectivity index (χ2n) is 4.88. The average molecular weight is 287 g/mol. The van der Waals surface area contributed by atoms with Gasteiger partial charge in [-0.1, -0.05) is 26.7 Å². The van der Waals surface area contributed by atoms with Crippen LogP contribution in [0, 0.1) is 5.92 Å². The molecule has 1 aromatic heterocycles. The maximum absolute atomic E-state index is 12.2. The molecule has 0 aliphatic rings. The maximum Gasteiger partial charge on any atom is 0.242 e. The van der Waals surface area contributed by atoms with Crippen molar-refractivity contribution < 1.29 is 8.42 Å². The third-order valence-corrected chi connectivity index (χ3v) is 5.03. The van der Waals surface area contributed by atoms with Crippen LogP contribution in [0.5, 0.6) is 0 Å². The molecule has 0 aliphatic carbocycles. The number of rotatable bonds is 8. The summed E-state index contributed by atoms with van der Waals surface area (Å²) in [7, 11) is -1.61. The quantitative estimate of drug-likeness (QED) is 0.683. The number of hydrogen-bond acceptors (Lipinski definition) is 3. The molecule has 0 saturated heterocycles. The molecule has 0 spiro atoms. The topological polar surface area (TPSA) is 74.0 Å². The molecular formula is C13H25N3O2S. The van der Waals surface area contributed by atoms with Crippen molar-refractivity contribution in [3.63, 3.8) is 0 Å². The van der Waals surface area contributed by atoms with E-state index in [2.05, 4.69) is 28.9 Å². The van der Waals surface area contributed by atoms with Crippen LogP contribution in [-0.2, 0) is 16.6 Å². The van der Waals surface area contributed by atoms with Gasteiger partial charge in [0.15, 0.2) is 0 Å². The van der Waals surface area contributed by atoms with Crippen molar-refractivity contribution in [1.82, 2.24) is 15.0 Å². The third kappa shape index (κ3) is 4.33. The van der Waals surface area contributed by atoms with Crippen molar-refractivity contribution in [3.8, 4) is 0 Å². The van der Waals surface area contributed by atoms with E-state index in [1.165, 1.54) is 6.20 Å². The Labute approximate surface area is 116 Å². The van der Waals surface area contributed by atoms with Gasteiger partial charge in [0, 0.05) is 24.5 Å². The second kappa shape index (κ2) is 7.07. The van der Waals surface area contributed by atoms with Gasteiger partial charge in [0.2, 0.25) is 10.0 Å². The minimum atomic E-state index is -3.43. The highest BCUT2D eigenvalue weighted by molar-refractivity contribution is 7.89. The van der Waals surface area contributed by atoms with Gasteiger partial charge in [-0.2, -0.15) is 0 Å². The lowest BCUT2D eigenvalue weighted by Crippen LogP contribution is -2.37. The first-order valence-corrected chi connectivity index (χ1v) is 8.27. The first-order chi connectivity index (χ1) is 8.94. The number of sulfonamides is 1. The van der Waals surface area contributed by atoms with E-state index in [4.69, 9.17) is 0 Å². The fourth-order valence-electron chi connectivity index (χ4n) is 2.27. The first kappa shape index (κ1) is 16.2. The lowest BCUT2D eigenvalue weighted by Gasteiger charge is -2.21. The Balaban J connectivity index is 2.79. The van der Waals surface area contributed by atoms with Crippen LogP contribution >= 0.6 is 0 Å². The van der Waals surface area contributed by atoms with Crippen LogP contribution in [0.4, 0.5) is 0 Å². The summed E-state index contributed by atoms with van der Waals surface area (Å²) in [5.41, 5.74) is 0.859. The fraction of sp³-hybridized carbons (Fsp3) is 0.692. The highest BCUT2D eigenvalue weighted by Gasteiger charge is 2.22. The van der Waals surface area contributed by atoms with Crippen molar-refractivity contribution in [3.05, 3.63) is 18.0 Å². The third-order valence-electron chi connectivity index (χ3n) is 3.49. The molecule has 0 amide bonds. The molecular weight excluding hydrogens is 262 g/mol.